The number of β-amino-alcohol motifs (C(OH)–C–C–N with tert-alkyl or cyclic N) is 1. The molecule has 7 nitrogen and oxygen atoms in total. The average molecular weight is 533 g/mol. The number of nitrogens with two attached hydrogens (primary N) is 1. The number of benzene rings is 1. The van der Waals surface area contributed by atoms with E-state index in [2.05, 4.69) is 52.3 Å². The van der Waals surface area contributed by atoms with Crippen LogP contribution in [0.1, 0.15) is 72.2 Å². The Morgan fingerprint density at radius 3 is 2.08 bits per heavy atom. The quantitative estimate of drug-likeness (QED) is 0.384. The maximum absolute atomic E-state index is 11.0. The Hall–Kier alpha value is -2.57. The third-order valence-electron chi connectivity index (χ3n) is 5.35. The Morgan fingerprint density at radius 2 is 1.81 bits per heavy atom. The number of aromatic nitrogens is 1. The Labute approximate surface area is 228 Å². The second-order valence-corrected chi connectivity index (χ2v) is 10.4. The fourth-order valence-electron chi connectivity index (χ4n) is 3.01. The Balaban J connectivity index is 0. The molecule has 0 spiro atoms. The lowest BCUT2D eigenvalue weighted by molar-refractivity contribution is -0.119. The van der Waals surface area contributed by atoms with Crippen molar-refractivity contribution < 1.29 is 14.7 Å². The number of hydrogen-bond donors (Lipinski definition) is 3. The van der Waals surface area contributed by atoms with Crippen molar-refractivity contribution in [2.75, 3.05) is 20.1 Å². The summed E-state index contributed by atoms with van der Waals surface area (Å²) in [4.78, 5) is 28.6. The van der Waals surface area contributed by atoms with Crippen LogP contribution in [0.2, 0.25) is 0 Å². The fraction of sp³-hybridized carbons (Fsp3) is 0.552. The highest BCUT2D eigenvalue weighted by Crippen LogP contribution is 2.28. The molecule has 3 rings (SSSR count). The number of carbonyl (C=O) groups is 2. The average Bonchev–Trinajstić information content (AvgIpc) is 3.47. The molecule has 1 aromatic heterocycles. The van der Waals surface area contributed by atoms with Crippen LogP contribution in [0.15, 0.2) is 29.8 Å². The van der Waals surface area contributed by atoms with Gasteiger partial charge in [-0.2, -0.15) is 0 Å². The summed E-state index contributed by atoms with van der Waals surface area (Å²) in [5.74, 6) is -0.00937. The number of carbonyl (C=O) groups excluding carboxylic acids is 2. The number of aryl methyl sites for hydroxylation is 1. The van der Waals surface area contributed by atoms with Crippen molar-refractivity contribution in [1.82, 2.24) is 15.2 Å². The van der Waals surface area contributed by atoms with Gasteiger partial charge in [-0.15, -0.1) is 24.2 Å². The monoisotopic (exact) mass is 532 g/mol. The molecule has 2 aromatic rings. The normalized spacial score (nSPS) is 16.0. The summed E-state index contributed by atoms with van der Waals surface area (Å²) < 4.78 is 0. The topological polar surface area (TPSA) is 109 Å². The van der Waals surface area contributed by atoms with Crippen molar-refractivity contribution >= 4 is 23.5 Å². The van der Waals surface area contributed by atoms with Crippen LogP contribution in [0.5, 0.6) is 0 Å². The number of thiazole rings is 1. The highest BCUT2D eigenvalue weighted by Gasteiger charge is 2.18. The van der Waals surface area contributed by atoms with Crippen LogP contribution in [0.3, 0.4) is 0 Å². The molecule has 0 aliphatic carbocycles. The maximum Gasteiger partial charge on any atom is 0.217 e. The number of terminal acetylenes is 1. The molecule has 1 aromatic carbocycles. The van der Waals surface area contributed by atoms with Crippen molar-refractivity contribution in [3.63, 3.8) is 0 Å². The fourth-order valence-corrected chi connectivity index (χ4v) is 3.82. The molecule has 37 heavy (non-hydrogen) atoms. The van der Waals surface area contributed by atoms with Gasteiger partial charge in [-0.1, -0.05) is 58.9 Å². The molecule has 0 bridgehead atoms. The number of likely N-dealkylation sites (tertiary alicyclic amines) is 1. The van der Waals surface area contributed by atoms with Gasteiger partial charge in [-0.25, -0.2) is 4.98 Å². The molecule has 0 radical (unpaired) electrons. The molecule has 1 aliphatic heterocycles. The first-order valence-corrected chi connectivity index (χ1v) is 13.4. The van der Waals surface area contributed by atoms with Gasteiger partial charge in [-0.3, -0.25) is 4.79 Å². The minimum atomic E-state index is -0.331. The van der Waals surface area contributed by atoms with E-state index in [-0.39, 0.29) is 29.5 Å². The molecule has 3 atom stereocenters. The predicted molar refractivity (Wildman–Crippen MR) is 157 cm³/mol. The van der Waals surface area contributed by atoms with Crippen LogP contribution in [0.4, 0.5) is 0 Å². The smallest absolute Gasteiger partial charge is 0.217 e. The molecule has 3 unspecified atom stereocenters. The van der Waals surface area contributed by atoms with E-state index in [0.29, 0.717) is 0 Å². The molecular formula is C29H48N4O3S. The van der Waals surface area contributed by atoms with E-state index < -0.39 is 0 Å². The van der Waals surface area contributed by atoms with Crippen LogP contribution < -0.4 is 11.1 Å². The van der Waals surface area contributed by atoms with Crippen LogP contribution >= 0.6 is 11.3 Å². The lowest BCUT2D eigenvalue weighted by Crippen LogP contribution is -2.36. The molecule has 208 valence electrons. The third-order valence-corrected chi connectivity index (χ3v) is 6.33. The summed E-state index contributed by atoms with van der Waals surface area (Å²) in [6.07, 6.45) is 9.68. The van der Waals surface area contributed by atoms with E-state index in [1.165, 1.54) is 17.4 Å². The standard InChI is InChI=1S/C14H16N2OS.C6H13NO.C5H11NO.C2H6.C2H2/c1-9(16-11(3)17)12-4-6-13(7-5-12)14-10(2)15-8-18-14;1-6(2,3)5(7)4-8;1-6-3-2-5(7)4-6;2*1-2/h4-9H,1-3H3,(H,16,17);4-5H,7H2,1-3H3;5,7H,2-4H2,1H3;1-2H3;1-2H. The molecular weight excluding hydrogens is 484 g/mol. The van der Waals surface area contributed by atoms with Gasteiger partial charge in [0.05, 0.1) is 34.3 Å². The Kier molecular flexibility index (Phi) is 19.3. The first kappa shape index (κ1) is 36.6. The Bertz CT molecular complexity index is 896. The SMILES string of the molecule is C#C.CC.CC(=O)NC(C)c1ccc(-c2scnc2C)cc1.CC(C)(C)C(N)C=O.CN1CCC(O)C1. The number of amides is 1. The summed E-state index contributed by atoms with van der Waals surface area (Å²) in [5.41, 5.74) is 10.5. The van der Waals surface area contributed by atoms with Crippen LogP contribution in [-0.4, -0.2) is 59.5 Å². The molecule has 0 saturated carbocycles. The van der Waals surface area contributed by atoms with E-state index in [1.54, 1.807) is 11.3 Å². The summed E-state index contributed by atoms with van der Waals surface area (Å²) in [5, 5.41) is 11.7. The number of nitrogens with zero attached hydrogens (tertiary/aromatic N) is 2. The zero-order valence-corrected chi connectivity index (χ0v) is 24.9. The number of aldehydes is 1. The van der Waals surface area contributed by atoms with Crippen molar-refractivity contribution in [2.24, 2.45) is 11.1 Å². The maximum atomic E-state index is 11.0. The van der Waals surface area contributed by atoms with Crippen molar-refractivity contribution in [3.05, 3.63) is 41.0 Å². The van der Waals surface area contributed by atoms with Gasteiger partial charge in [0, 0.05) is 20.0 Å². The zero-order chi connectivity index (χ0) is 29.2. The van der Waals surface area contributed by atoms with Crippen LogP contribution in [0, 0.1) is 25.2 Å². The second kappa shape index (κ2) is 19.5. The minimum Gasteiger partial charge on any atom is -0.392 e. The lowest BCUT2D eigenvalue weighted by atomic mass is 9.89. The van der Waals surface area contributed by atoms with Gasteiger partial charge < -0.3 is 25.9 Å². The lowest BCUT2D eigenvalue weighted by Gasteiger charge is -2.20. The van der Waals surface area contributed by atoms with Gasteiger partial charge >= 0.3 is 0 Å². The number of hydrogen-bond acceptors (Lipinski definition) is 7. The Morgan fingerprint density at radius 1 is 1.27 bits per heavy atom. The van der Waals surface area contributed by atoms with E-state index in [0.717, 1.165) is 37.1 Å². The van der Waals surface area contributed by atoms with Gasteiger partial charge in [0.2, 0.25) is 5.91 Å². The summed E-state index contributed by atoms with van der Waals surface area (Å²) in [6.45, 7) is 17.3. The first-order chi connectivity index (χ1) is 17.3. The van der Waals surface area contributed by atoms with Crippen LogP contribution in [-0.2, 0) is 9.59 Å². The van der Waals surface area contributed by atoms with E-state index in [4.69, 9.17) is 10.8 Å². The molecule has 1 fully saturated rings. The molecule has 8 heteroatoms. The number of aliphatic hydroxyl groups is 1. The number of aliphatic hydroxyl groups excluding tert-OH is 1. The van der Waals surface area contributed by atoms with E-state index in [1.807, 2.05) is 61.0 Å². The molecule has 1 saturated heterocycles. The van der Waals surface area contributed by atoms with Gasteiger partial charge in [0.15, 0.2) is 0 Å². The summed E-state index contributed by atoms with van der Waals surface area (Å²) in [6, 6.07) is 7.97. The summed E-state index contributed by atoms with van der Waals surface area (Å²) in [7, 11) is 2.02. The van der Waals surface area contributed by atoms with Crippen molar-refractivity contribution in [1.29, 1.82) is 0 Å². The van der Waals surface area contributed by atoms with Gasteiger partial charge in [-0.05, 0) is 43.9 Å². The number of likely N-dealkylation sites (N-methyl/N-ethyl adjacent to an activating group) is 1. The zero-order valence-electron chi connectivity index (χ0n) is 24.1. The predicted octanol–water partition coefficient (Wildman–Crippen LogP) is 4.83. The van der Waals surface area contributed by atoms with Crippen LogP contribution in [0.25, 0.3) is 10.4 Å². The first-order valence-electron chi connectivity index (χ1n) is 12.5. The van der Waals surface area contributed by atoms with E-state index in [9.17, 15) is 9.59 Å². The largest absolute Gasteiger partial charge is 0.392 e. The highest BCUT2D eigenvalue weighted by molar-refractivity contribution is 7.13. The summed E-state index contributed by atoms with van der Waals surface area (Å²) >= 11 is 1.65. The minimum absolute atomic E-state index is 0.00937. The molecule has 1 amide bonds. The molecule has 2 heterocycles. The van der Waals surface area contributed by atoms with Crippen molar-refractivity contribution in [3.8, 4) is 23.3 Å². The third kappa shape index (κ3) is 15.3. The number of rotatable bonds is 4. The number of nitrogens with one attached hydrogen (secondary N) is 1. The van der Waals surface area contributed by atoms with E-state index >= 15 is 0 Å². The van der Waals surface area contributed by atoms with Crippen molar-refractivity contribution in [2.45, 2.75) is 80.0 Å². The second-order valence-electron chi connectivity index (χ2n) is 9.54. The highest BCUT2D eigenvalue weighted by atomic mass is 32.1. The van der Waals surface area contributed by atoms with Gasteiger partial charge in [0.1, 0.15) is 6.29 Å². The molecule has 4 N–H and O–H groups in total. The van der Waals surface area contributed by atoms with Gasteiger partial charge in [0.25, 0.3) is 0 Å². The molecule has 1 aliphatic rings.